The quantitative estimate of drug-likeness (QED) is 0.610. The van der Waals surface area contributed by atoms with Crippen LogP contribution in [0.4, 0.5) is 0 Å². The van der Waals surface area contributed by atoms with Crippen molar-refractivity contribution in [3.8, 4) is 0 Å². The van der Waals surface area contributed by atoms with Crippen molar-refractivity contribution in [2.75, 3.05) is 0 Å². The number of carbonyl (C=O) groups excluding carboxylic acids is 1. The van der Waals surface area contributed by atoms with E-state index in [9.17, 15) is 4.79 Å². The van der Waals surface area contributed by atoms with Crippen molar-refractivity contribution in [1.82, 2.24) is 0 Å². The summed E-state index contributed by atoms with van der Waals surface area (Å²) in [5.74, 6) is 0.318. The van der Waals surface area contributed by atoms with Crippen molar-refractivity contribution in [3.63, 3.8) is 0 Å². The average molecular weight is 282 g/mol. The summed E-state index contributed by atoms with van der Waals surface area (Å²) in [5, 5.41) is 0. The van der Waals surface area contributed by atoms with Gasteiger partial charge in [-0.25, -0.2) is 0 Å². The molecule has 0 aliphatic heterocycles. The topological polar surface area (TPSA) is 17.1 Å². The van der Waals surface area contributed by atoms with Gasteiger partial charge in [-0.15, -0.1) is 0 Å². The number of ketones is 1. The van der Waals surface area contributed by atoms with Crippen molar-refractivity contribution >= 4 is 11.4 Å². The van der Waals surface area contributed by atoms with E-state index in [1.54, 1.807) is 0 Å². The summed E-state index contributed by atoms with van der Waals surface area (Å²) < 4.78 is 0. The number of carbonyl (C=O) groups is 1. The first kappa shape index (κ1) is 15.8. The van der Waals surface area contributed by atoms with E-state index < -0.39 is 0 Å². The lowest BCUT2D eigenvalue weighted by Gasteiger charge is -2.13. The molecule has 112 valence electrons. The van der Waals surface area contributed by atoms with Crippen molar-refractivity contribution in [3.05, 3.63) is 52.6 Å². The van der Waals surface area contributed by atoms with E-state index in [1.165, 1.54) is 41.5 Å². The van der Waals surface area contributed by atoms with Gasteiger partial charge in [0.2, 0.25) is 0 Å². The second kappa shape index (κ2) is 7.40. The van der Waals surface area contributed by atoms with Crippen LogP contribution >= 0.6 is 0 Å². The molecule has 0 heterocycles. The van der Waals surface area contributed by atoms with Gasteiger partial charge in [0.05, 0.1) is 0 Å². The molecule has 0 N–H and O–H groups in total. The smallest absolute Gasteiger partial charge is 0.163 e. The third-order valence-corrected chi connectivity index (χ3v) is 4.44. The molecule has 0 saturated carbocycles. The fraction of sp³-hybridized carbons (Fsp3) is 0.450. The molecule has 0 amide bonds. The summed E-state index contributed by atoms with van der Waals surface area (Å²) in [6.45, 7) is 6.42. The number of allylic oxidation sites excluding steroid dienone is 4. The second-order valence-corrected chi connectivity index (χ2v) is 5.84. The molecule has 0 radical (unpaired) electrons. The van der Waals surface area contributed by atoms with Gasteiger partial charge >= 0.3 is 0 Å². The highest BCUT2D eigenvalue weighted by atomic mass is 16.1. The maximum absolute atomic E-state index is 12.2. The lowest BCUT2D eigenvalue weighted by atomic mass is 9.91. The van der Waals surface area contributed by atoms with Crippen molar-refractivity contribution in [1.29, 1.82) is 0 Å². The van der Waals surface area contributed by atoms with Crippen molar-refractivity contribution < 1.29 is 4.79 Å². The summed E-state index contributed by atoms with van der Waals surface area (Å²) in [5.41, 5.74) is 6.26. The van der Waals surface area contributed by atoms with E-state index in [4.69, 9.17) is 0 Å². The SMILES string of the molecule is CCCCCC1=C(C)C(=O)C/C1=C(\CC)c1ccccc1. The zero-order chi connectivity index (χ0) is 15.2. The van der Waals surface area contributed by atoms with Crippen LogP contribution in [0.5, 0.6) is 0 Å². The molecular formula is C20H26O. The first-order chi connectivity index (χ1) is 10.2. The zero-order valence-corrected chi connectivity index (χ0v) is 13.5. The first-order valence-corrected chi connectivity index (χ1v) is 8.19. The van der Waals surface area contributed by atoms with Gasteiger partial charge in [-0.3, -0.25) is 4.79 Å². The molecule has 1 heteroatoms. The van der Waals surface area contributed by atoms with E-state index in [-0.39, 0.29) is 0 Å². The van der Waals surface area contributed by atoms with E-state index in [0.29, 0.717) is 12.2 Å². The van der Waals surface area contributed by atoms with Crippen molar-refractivity contribution in [2.45, 2.75) is 59.3 Å². The Hall–Kier alpha value is -1.63. The molecular weight excluding hydrogens is 256 g/mol. The van der Waals surface area contributed by atoms with Crippen LogP contribution in [0.25, 0.3) is 5.57 Å². The molecule has 1 aromatic carbocycles. The summed E-state index contributed by atoms with van der Waals surface area (Å²) in [6.07, 6.45) is 6.29. The molecule has 0 bridgehead atoms. The third kappa shape index (κ3) is 3.53. The molecule has 0 fully saturated rings. The van der Waals surface area contributed by atoms with Gasteiger partial charge in [0.25, 0.3) is 0 Å². The second-order valence-electron chi connectivity index (χ2n) is 5.84. The summed E-state index contributed by atoms with van der Waals surface area (Å²) in [7, 11) is 0. The molecule has 0 saturated heterocycles. The van der Waals surface area contributed by atoms with Crippen LogP contribution in [0.15, 0.2) is 47.1 Å². The minimum atomic E-state index is 0.318. The van der Waals surface area contributed by atoms with E-state index >= 15 is 0 Å². The normalized spacial score (nSPS) is 17.6. The monoisotopic (exact) mass is 282 g/mol. The minimum Gasteiger partial charge on any atom is -0.294 e. The van der Waals surface area contributed by atoms with E-state index in [0.717, 1.165) is 18.4 Å². The third-order valence-electron chi connectivity index (χ3n) is 4.44. The molecule has 21 heavy (non-hydrogen) atoms. The molecule has 0 atom stereocenters. The van der Waals surface area contributed by atoms with E-state index in [2.05, 4.69) is 38.1 Å². The van der Waals surface area contributed by atoms with Crippen LogP contribution < -0.4 is 0 Å². The summed E-state index contributed by atoms with van der Waals surface area (Å²) >= 11 is 0. The number of rotatable bonds is 6. The molecule has 1 aliphatic carbocycles. The highest BCUT2D eigenvalue weighted by Gasteiger charge is 2.26. The molecule has 0 aromatic heterocycles. The number of unbranched alkanes of at least 4 members (excludes halogenated alkanes) is 2. The van der Waals surface area contributed by atoms with E-state index in [1.807, 2.05) is 13.0 Å². The zero-order valence-electron chi connectivity index (χ0n) is 13.5. The van der Waals surface area contributed by atoms with Gasteiger partial charge in [0, 0.05) is 6.42 Å². The maximum Gasteiger partial charge on any atom is 0.163 e. The summed E-state index contributed by atoms with van der Waals surface area (Å²) in [4.78, 5) is 12.2. The predicted molar refractivity (Wildman–Crippen MR) is 90.1 cm³/mol. The van der Waals surface area contributed by atoms with Crippen molar-refractivity contribution in [2.24, 2.45) is 0 Å². The van der Waals surface area contributed by atoms with Gasteiger partial charge in [-0.1, -0.05) is 57.0 Å². The van der Waals surface area contributed by atoms with Gasteiger partial charge in [0.15, 0.2) is 5.78 Å². The van der Waals surface area contributed by atoms with Gasteiger partial charge in [-0.05, 0) is 54.0 Å². The predicted octanol–water partition coefficient (Wildman–Crippen LogP) is 5.72. The average Bonchev–Trinajstić information content (AvgIpc) is 2.78. The molecule has 1 aromatic rings. The van der Waals surface area contributed by atoms with Crippen LogP contribution in [0, 0.1) is 0 Å². The number of hydrogen-bond donors (Lipinski definition) is 0. The Morgan fingerprint density at radius 2 is 1.81 bits per heavy atom. The Kier molecular flexibility index (Phi) is 5.55. The molecule has 0 unspecified atom stereocenters. The standard InChI is InChI=1S/C20H26O/c1-4-6-8-13-18-15(3)20(21)14-19(18)17(5-2)16-11-9-7-10-12-16/h7,9-12H,4-6,8,13-14H2,1-3H3/b19-17-. The lowest BCUT2D eigenvalue weighted by Crippen LogP contribution is -1.94. The molecule has 2 rings (SSSR count). The Labute approximate surface area is 128 Å². The fourth-order valence-corrected chi connectivity index (χ4v) is 3.20. The first-order valence-electron chi connectivity index (χ1n) is 8.19. The number of hydrogen-bond acceptors (Lipinski definition) is 1. The fourth-order valence-electron chi connectivity index (χ4n) is 3.20. The Balaban J connectivity index is 2.39. The van der Waals surface area contributed by atoms with Gasteiger partial charge in [0.1, 0.15) is 0 Å². The largest absolute Gasteiger partial charge is 0.294 e. The lowest BCUT2D eigenvalue weighted by molar-refractivity contribution is -0.114. The molecule has 0 spiro atoms. The van der Waals surface area contributed by atoms with Gasteiger partial charge < -0.3 is 0 Å². The Morgan fingerprint density at radius 3 is 2.43 bits per heavy atom. The number of benzene rings is 1. The highest BCUT2D eigenvalue weighted by molar-refractivity contribution is 6.04. The van der Waals surface area contributed by atoms with Crippen LogP contribution in [0.2, 0.25) is 0 Å². The molecule has 1 aliphatic rings. The van der Waals surface area contributed by atoms with Crippen LogP contribution in [-0.4, -0.2) is 5.78 Å². The summed E-state index contributed by atoms with van der Waals surface area (Å²) in [6, 6.07) is 10.5. The molecule has 1 nitrogen and oxygen atoms in total. The van der Waals surface area contributed by atoms with Crippen LogP contribution in [0.1, 0.15) is 64.9 Å². The van der Waals surface area contributed by atoms with Crippen LogP contribution in [0.3, 0.4) is 0 Å². The Bertz CT molecular complexity index is 561. The maximum atomic E-state index is 12.2. The Morgan fingerprint density at radius 1 is 1.10 bits per heavy atom. The highest BCUT2D eigenvalue weighted by Crippen LogP contribution is 2.38. The van der Waals surface area contributed by atoms with Gasteiger partial charge in [-0.2, -0.15) is 0 Å². The van der Waals surface area contributed by atoms with Crippen LogP contribution in [-0.2, 0) is 4.79 Å². The minimum absolute atomic E-state index is 0.318. The number of Topliss-reactive ketones (excluding diaryl/α,β-unsaturated/α-hetero) is 1.